The van der Waals surface area contributed by atoms with Crippen molar-refractivity contribution in [2.24, 2.45) is 0 Å². The number of nitrogens with zero attached hydrogens (tertiary/aromatic N) is 6. The maximum Gasteiger partial charge on any atom is 0.182 e. The first kappa shape index (κ1) is 18.1. The molecule has 0 aliphatic carbocycles. The van der Waals surface area contributed by atoms with Gasteiger partial charge in [-0.15, -0.1) is 0 Å². The van der Waals surface area contributed by atoms with Gasteiger partial charge in [0.25, 0.3) is 0 Å². The number of imidazole rings is 1. The second-order valence-corrected chi connectivity index (χ2v) is 7.53. The molecule has 150 valence electrons. The van der Waals surface area contributed by atoms with E-state index in [0.717, 1.165) is 66.3 Å². The highest BCUT2D eigenvalue weighted by atomic mass is 16.3. The molecular formula is C21H25N7O. The number of rotatable bonds is 4. The number of likely N-dealkylation sites (N-methyl/N-ethyl adjacent to an activating group) is 1. The van der Waals surface area contributed by atoms with Crippen molar-refractivity contribution in [3.05, 3.63) is 36.4 Å². The van der Waals surface area contributed by atoms with Gasteiger partial charge in [0, 0.05) is 26.2 Å². The number of aliphatic hydroxyl groups is 1. The zero-order valence-corrected chi connectivity index (χ0v) is 16.5. The van der Waals surface area contributed by atoms with E-state index in [1.807, 2.05) is 24.3 Å². The molecule has 8 heteroatoms. The van der Waals surface area contributed by atoms with Gasteiger partial charge >= 0.3 is 0 Å². The number of aliphatic hydroxyl groups excluding tert-OH is 1. The summed E-state index contributed by atoms with van der Waals surface area (Å²) in [5.74, 6) is 1.64. The molecule has 5 rings (SSSR count). The summed E-state index contributed by atoms with van der Waals surface area (Å²) in [6, 6.07) is 12.1. The highest BCUT2D eigenvalue weighted by Gasteiger charge is 2.18. The number of pyridine rings is 1. The van der Waals surface area contributed by atoms with Crippen molar-refractivity contribution >= 4 is 39.5 Å². The molecule has 2 N–H and O–H groups in total. The highest BCUT2D eigenvalue weighted by Crippen LogP contribution is 2.27. The summed E-state index contributed by atoms with van der Waals surface area (Å²) in [7, 11) is 2.17. The highest BCUT2D eigenvalue weighted by molar-refractivity contribution is 5.91. The van der Waals surface area contributed by atoms with E-state index in [1.165, 1.54) is 0 Å². The molecule has 0 amide bonds. The summed E-state index contributed by atoms with van der Waals surface area (Å²) in [6.07, 6.45) is 1.13. The van der Waals surface area contributed by atoms with Gasteiger partial charge in [0.1, 0.15) is 11.3 Å². The number of para-hydroxylation sites is 2. The fourth-order valence-corrected chi connectivity index (χ4v) is 4.00. The monoisotopic (exact) mass is 391 g/mol. The summed E-state index contributed by atoms with van der Waals surface area (Å²) >= 11 is 0. The molecule has 1 fully saturated rings. The van der Waals surface area contributed by atoms with Crippen LogP contribution >= 0.6 is 0 Å². The van der Waals surface area contributed by atoms with Gasteiger partial charge in [0.15, 0.2) is 17.1 Å². The number of anilines is 2. The van der Waals surface area contributed by atoms with Crippen LogP contribution in [0, 0.1) is 0 Å². The predicted molar refractivity (Wildman–Crippen MR) is 116 cm³/mol. The van der Waals surface area contributed by atoms with E-state index >= 15 is 0 Å². The first-order chi connectivity index (χ1) is 14.2. The Labute approximate surface area is 168 Å². The molecule has 4 aromatic rings. The van der Waals surface area contributed by atoms with Gasteiger partial charge in [0.05, 0.1) is 17.6 Å². The Morgan fingerprint density at radius 3 is 2.72 bits per heavy atom. The predicted octanol–water partition coefficient (Wildman–Crippen LogP) is 1.98. The van der Waals surface area contributed by atoms with Gasteiger partial charge in [-0.05, 0) is 44.3 Å². The fraction of sp³-hybridized carbons (Fsp3) is 0.381. The third kappa shape index (κ3) is 3.24. The van der Waals surface area contributed by atoms with E-state index in [-0.39, 0.29) is 6.61 Å². The summed E-state index contributed by atoms with van der Waals surface area (Å²) < 4.78 is 2.07. The number of hydrogen-bond acceptors (Lipinski definition) is 7. The second kappa shape index (κ2) is 7.46. The van der Waals surface area contributed by atoms with Crippen LogP contribution in [-0.2, 0) is 0 Å². The number of fused-ring (bicyclic) bond motifs is 5. The quantitative estimate of drug-likeness (QED) is 0.550. The van der Waals surface area contributed by atoms with Crippen LogP contribution < -0.4 is 10.2 Å². The van der Waals surface area contributed by atoms with E-state index < -0.39 is 0 Å². The van der Waals surface area contributed by atoms with Crippen LogP contribution in [0.15, 0.2) is 36.4 Å². The van der Waals surface area contributed by atoms with Crippen LogP contribution in [0.1, 0.15) is 6.42 Å². The van der Waals surface area contributed by atoms with Crippen LogP contribution in [0.4, 0.5) is 11.6 Å². The van der Waals surface area contributed by atoms with Gasteiger partial charge in [0.2, 0.25) is 0 Å². The lowest BCUT2D eigenvalue weighted by Gasteiger charge is -2.22. The zero-order valence-electron chi connectivity index (χ0n) is 16.5. The maximum absolute atomic E-state index is 9.24. The molecular weight excluding hydrogens is 366 g/mol. The topological polar surface area (TPSA) is 81.8 Å². The van der Waals surface area contributed by atoms with Crippen molar-refractivity contribution in [1.29, 1.82) is 0 Å². The first-order valence-electron chi connectivity index (χ1n) is 10.1. The van der Waals surface area contributed by atoms with Crippen LogP contribution in [0.2, 0.25) is 0 Å². The van der Waals surface area contributed by atoms with Crippen LogP contribution in [-0.4, -0.2) is 75.7 Å². The van der Waals surface area contributed by atoms with Gasteiger partial charge in [-0.2, -0.15) is 0 Å². The van der Waals surface area contributed by atoms with Gasteiger partial charge in [-0.1, -0.05) is 12.1 Å². The molecule has 29 heavy (non-hydrogen) atoms. The Morgan fingerprint density at radius 1 is 0.931 bits per heavy atom. The molecule has 0 unspecified atom stereocenters. The first-order valence-corrected chi connectivity index (χ1v) is 10.1. The molecule has 4 heterocycles. The fourth-order valence-electron chi connectivity index (χ4n) is 4.00. The average Bonchev–Trinajstić information content (AvgIpc) is 3.01. The molecule has 0 saturated carbocycles. The van der Waals surface area contributed by atoms with Gasteiger partial charge in [-0.25, -0.2) is 15.0 Å². The molecule has 1 saturated heterocycles. The Bertz CT molecular complexity index is 1170. The lowest BCUT2D eigenvalue weighted by atomic mass is 10.3. The normalized spacial score (nSPS) is 16.0. The Balaban J connectivity index is 1.71. The van der Waals surface area contributed by atoms with Crippen molar-refractivity contribution in [3.63, 3.8) is 0 Å². The summed E-state index contributed by atoms with van der Waals surface area (Å²) in [6.45, 7) is 4.57. The second-order valence-electron chi connectivity index (χ2n) is 7.53. The molecule has 8 nitrogen and oxygen atoms in total. The third-order valence-corrected chi connectivity index (χ3v) is 5.50. The summed E-state index contributed by atoms with van der Waals surface area (Å²) in [5, 5.41) is 12.4. The Morgan fingerprint density at radius 2 is 1.83 bits per heavy atom. The van der Waals surface area contributed by atoms with Crippen LogP contribution in [0.25, 0.3) is 27.8 Å². The number of hydrogen-bond donors (Lipinski definition) is 2. The lowest BCUT2D eigenvalue weighted by Crippen LogP contribution is -2.29. The third-order valence-electron chi connectivity index (χ3n) is 5.50. The van der Waals surface area contributed by atoms with Crippen molar-refractivity contribution in [3.8, 4) is 0 Å². The number of nitrogens with one attached hydrogen (secondary N) is 1. The Kier molecular flexibility index (Phi) is 4.65. The van der Waals surface area contributed by atoms with Crippen LogP contribution in [0.3, 0.4) is 0 Å². The van der Waals surface area contributed by atoms with Crippen molar-refractivity contribution < 1.29 is 5.11 Å². The lowest BCUT2D eigenvalue weighted by molar-refractivity contribution is 0.311. The van der Waals surface area contributed by atoms with Gasteiger partial charge < -0.3 is 20.2 Å². The molecule has 0 atom stereocenters. The summed E-state index contributed by atoms with van der Waals surface area (Å²) in [5.41, 5.74) is 4.24. The molecule has 1 aliphatic heterocycles. The van der Waals surface area contributed by atoms with E-state index in [1.54, 1.807) is 0 Å². The van der Waals surface area contributed by atoms with Crippen LogP contribution in [0.5, 0.6) is 0 Å². The van der Waals surface area contributed by atoms with Gasteiger partial charge in [-0.3, -0.25) is 4.40 Å². The molecule has 1 aromatic carbocycles. The SMILES string of the molecule is CN1CCCN(c2ccc3nc(NCCO)c4nc5ccccc5n4c3n2)CC1. The molecule has 3 aromatic heterocycles. The minimum absolute atomic E-state index is 0.0344. The molecule has 0 spiro atoms. The summed E-state index contributed by atoms with van der Waals surface area (Å²) in [4.78, 5) is 19.3. The molecule has 0 radical (unpaired) electrons. The zero-order chi connectivity index (χ0) is 19.8. The van der Waals surface area contributed by atoms with Crippen molar-refractivity contribution in [1.82, 2.24) is 24.3 Å². The smallest absolute Gasteiger partial charge is 0.182 e. The molecule has 1 aliphatic rings. The number of aromatic nitrogens is 4. The maximum atomic E-state index is 9.24. The number of benzene rings is 1. The largest absolute Gasteiger partial charge is 0.395 e. The van der Waals surface area contributed by atoms with Crippen molar-refractivity contribution in [2.75, 3.05) is 56.6 Å². The van der Waals surface area contributed by atoms with Crippen molar-refractivity contribution in [2.45, 2.75) is 6.42 Å². The van der Waals surface area contributed by atoms with E-state index in [9.17, 15) is 5.11 Å². The van der Waals surface area contributed by atoms with E-state index in [4.69, 9.17) is 15.0 Å². The van der Waals surface area contributed by atoms with E-state index in [2.05, 4.69) is 38.7 Å². The van der Waals surface area contributed by atoms with E-state index in [0.29, 0.717) is 12.4 Å². The molecule has 0 bridgehead atoms. The average molecular weight is 391 g/mol. The minimum Gasteiger partial charge on any atom is -0.395 e. The standard InChI is InChI=1S/C21H25N7O/c1-26-10-4-11-27(13-12-26)18-8-7-16-20(25-18)28-17-6-3-2-5-15(17)24-21(28)19(23-16)22-9-14-29/h2-3,5-8,29H,4,9-14H2,1H3,(H,22,23). The Hall–Kier alpha value is -2.97. The minimum atomic E-state index is 0.0344.